The van der Waals surface area contributed by atoms with Crippen molar-refractivity contribution in [2.45, 2.75) is 24.8 Å². The molecule has 0 bridgehead atoms. The normalized spacial score (nSPS) is 11.3. The Morgan fingerprint density at radius 1 is 1.25 bits per heavy atom. The summed E-state index contributed by atoms with van der Waals surface area (Å²) >= 11 is 4.72. The molecule has 0 radical (unpaired) electrons. The van der Waals surface area contributed by atoms with Crippen LogP contribution in [0.3, 0.4) is 0 Å². The summed E-state index contributed by atoms with van der Waals surface area (Å²) in [7, 11) is 3.44. The monoisotopic (exact) mass is 429 g/mol. The van der Waals surface area contributed by atoms with E-state index in [2.05, 4.69) is 5.38 Å². The SMILES string of the molecule is COc1cccc(-c2nc(CSc3nc4sc(C)c(C)c4c(=O)n3C)cs2)c1. The zero-order valence-corrected chi connectivity index (χ0v) is 18.4. The summed E-state index contributed by atoms with van der Waals surface area (Å²) in [6.07, 6.45) is 0. The summed E-state index contributed by atoms with van der Waals surface area (Å²) in [5, 5.41) is 4.46. The minimum atomic E-state index is 0.0182. The molecule has 0 amide bonds. The molecule has 3 aromatic heterocycles. The Balaban J connectivity index is 1.58. The Morgan fingerprint density at radius 3 is 2.86 bits per heavy atom. The third-order valence-electron chi connectivity index (χ3n) is 4.59. The quantitative estimate of drug-likeness (QED) is 0.329. The molecule has 3 heterocycles. The van der Waals surface area contributed by atoms with Crippen molar-refractivity contribution in [1.29, 1.82) is 0 Å². The number of hydrogen-bond acceptors (Lipinski definition) is 7. The van der Waals surface area contributed by atoms with E-state index < -0.39 is 0 Å². The smallest absolute Gasteiger partial charge is 0.262 e. The van der Waals surface area contributed by atoms with Gasteiger partial charge < -0.3 is 4.74 Å². The van der Waals surface area contributed by atoms with E-state index in [-0.39, 0.29) is 5.56 Å². The highest BCUT2D eigenvalue weighted by Gasteiger charge is 2.15. The number of aromatic nitrogens is 3. The van der Waals surface area contributed by atoms with Crippen molar-refractivity contribution in [1.82, 2.24) is 14.5 Å². The number of rotatable bonds is 5. The van der Waals surface area contributed by atoms with Crippen LogP contribution in [0.2, 0.25) is 0 Å². The van der Waals surface area contributed by atoms with E-state index >= 15 is 0 Å². The molecule has 0 N–H and O–H groups in total. The summed E-state index contributed by atoms with van der Waals surface area (Å²) in [5.74, 6) is 1.48. The Labute approximate surface area is 175 Å². The van der Waals surface area contributed by atoms with Gasteiger partial charge in [0.15, 0.2) is 5.16 Å². The molecular formula is C20H19N3O2S3. The van der Waals surface area contributed by atoms with Crippen molar-refractivity contribution in [2.24, 2.45) is 7.05 Å². The standard InChI is InChI=1S/C20H19N3O2S3/c1-11-12(2)28-18-16(11)19(24)23(3)20(22-18)27-10-14-9-26-17(21-14)13-6-5-7-15(8-13)25-4/h5-9H,10H2,1-4H3. The van der Waals surface area contributed by atoms with Gasteiger partial charge in [-0.05, 0) is 31.5 Å². The topological polar surface area (TPSA) is 57.0 Å². The Morgan fingerprint density at radius 2 is 2.07 bits per heavy atom. The number of hydrogen-bond donors (Lipinski definition) is 0. The van der Waals surface area contributed by atoms with Gasteiger partial charge in [-0.15, -0.1) is 22.7 Å². The average Bonchev–Trinajstić information content (AvgIpc) is 3.28. The molecule has 0 fully saturated rings. The maximum Gasteiger partial charge on any atom is 0.262 e. The van der Waals surface area contributed by atoms with Gasteiger partial charge in [0.1, 0.15) is 15.6 Å². The first-order chi connectivity index (χ1) is 13.5. The Kier molecular flexibility index (Phi) is 5.27. The van der Waals surface area contributed by atoms with Crippen molar-refractivity contribution in [3.8, 4) is 16.3 Å². The van der Waals surface area contributed by atoms with E-state index in [4.69, 9.17) is 14.7 Å². The molecule has 0 aliphatic heterocycles. The zero-order valence-electron chi connectivity index (χ0n) is 16.0. The second-order valence-corrected chi connectivity index (χ2v) is 9.39. The van der Waals surface area contributed by atoms with Crippen LogP contribution in [0, 0.1) is 13.8 Å². The van der Waals surface area contributed by atoms with Crippen LogP contribution in [0.1, 0.15) is 16.1 Å². The molecule has 0 atom stereocenters. The first-order valence-electron chi connectivity index (χ1n) is 8.66. The zero-order chi connectivity index (χ0) is 19.8. The van der Waals surface area contributed by atoms with Crippen molar-refractivity contribution in [3.05, 3.63) is 56.1 Å². The summed E-state index contributed by atoms with van der Waals surface area (Å²) in [6, 6.07) is 7.89. The van der Waals surface area contributed by atoms with Crippen molar-refractivity contribution in [3.63, 3.8) is 0 Å². The van der Waals surface area contributed by atoms with Gasteiger partial charge in [0.2, 0.25) is 0 Å². The molecule has 8 heteroatoms. The lowest BCUT2D eigenvalue weighted by atomic mass is 10.2. The predicted molar refractivity (Wildman–Crippen MR) is 118 cm³/mol. The van der Waals surface area contributed by atoms with E-state index in [9.17, 15) is 4.79 Å². The van der Waals surface area contributed by atoms with E-state index in [1.165, 1.54) is 11.8 Å². The number of methoxy groups -OCH3 is 1. The van der Waals surface area contributed by atoms with Gasteiger partial charge >= 0.3 is 0 Å². The lowest BCUT2D eigenvalue weighted by Gasteiger charge is -2.06. The number of thiazole rings is 1. The van der Waals surface area contributed by atoms with Crippen molar-refractivity contribution in [2.75, 3.05) is 7.11 Å². The van der Waals surface area contributed by atoms with Crippen LogP contribution >= 0.6 is 34.4 Å². The number of ether oxygens (including phenoxy) is 1. The van der Waals surface area contributed by atoms with Crippen molar-refractivity contribution >= 4 is 44.7 Å². The highest BCUT2D eigenvalue weighted by atomic mass is 32.2. The summed E-state index contributed by atoms with van der Waals surface area (Å²) < 4.78 is 6.93. The lowest BCUT2D eigenvalue weighted by Crippen LogP contribution is -2.19. The van der Waals surface area contributed by atoms with Gasteiger partial charge in [-0.2, -0.15) is 0 Å². The average molecular weight is 430 g/mol. The number of thioether (sulfide) groups is 1. The minimum Gasteiger partial charge on any atom is -0.497 e. The van der Waals surface area contributed by atoms with E-state index in [1.807, 2.05) is 38.1 Å². The number of thiophene rings is 1. The van der Waals surface area contributed by atoms with Crippen molar-refractivity contribution < 1.29 is 4.74 Å². The van der Waals surface area contributed by atoms with Gasteiger partial charge in [0, 0.05) is 28.6 Å². The van der Waals surface area contributed by atoms with Gasteiger partial charge in [-0.3, -0.25) is 9.36 Å². The maximum absolute atomic E-state index is 12.7. The number of aryl methyl sites for hydroxylation is 2. The molecule has 0 saturated carbocycles. The van der Waals surface area contributed by atoms with Crippen LogP contribution in [0.5, 0.6) is 5.75 Å². The first-order valence-corrected chi connectivity index (χ1v) is 11.3. The molecule has 0 saturated heterocycles. The molecule has 28 heavy (non-hydrogen) atoms. The Hall–Kier alpha value is -2.16. The van der Waals surface area contributed by atoms with Crippen LogP contribution in [-0.4, -0.2) is 21.6 Å². The summed E-state index contributed by atoms with van der Waals surface area (Å²) in [4.78, 5) is 24.2. The van der Waals surface area contributed by atoms with E-state index in [0.717, 1.165) is 47.8 Å². The lowest BCUT2D eigenvalue weighted by molar-refractivity contribution is 0.415. The highest BCUT2D eigenvalue weighted by Crippen LogP contribution is 2.31. The molecule has 4 rings (SSSR count). The second kappa shape index (κ2) is 7.69. The number of benzene rings is 1. The van der Waals surface area contributed by atoms with Gasteiger partial charge in [-0.1, -0.05) is 23.9 Å². The summed E-state index contributed by atoms with van der Waals surface area (Å²) in [6.45, 7) is 4.02. The molecule has 0 spiro atoms. The fourth-order valence-electron chi connectivity index (χ4n) is 2.89. The molecule has 4 aromatic rings. The summed E-state index contributed by atoms with van der Waals surface area (Å²) in [5.41, 5.74) is 3.06. The second-order valence-electron chi connectivity index (χ2n) is 6.39. The van der Waals surface area contributed by atoms with Gasteiger partial charge in [0.25, 0.3) is 5.56 Å². The highest BCUT2D eigenvalue weighted by molar-refractivity contribution is 7.98. The Bertz CT molecular complexity index is 1220. The van der Waals surface area contributed by atoms with Crippen LogP contribution < -0.4 is 10.3 Å². The fraction of sp³-hybridized carbons (Fsp3) is 0.250. The van der Waals surface area contributed by atoms with Gasteiger partial charge in [-0.25, -0.2) is 9.97 Å². The molecular weight excluding hydrogens is 410 g/mol. The van der Waals surface area contributed by atoms with E-state index in [1.54, 1.807) is 41.4 Å². The third-order valence-corrected chi connectivity index (χ3v) is 7.69. The molecule has 1 aromatic carbocycles. The number of nitrogens with zero attached hydrogens (tertiary/aromatic N) is 3. The predicted octanol–water partition coefficient (Wildman–Crippen LogP) is 5.04. The van der Waals surface area contributed by atoms with E-state index in [0.29, 0.717) is 5.75 Å². The molecule has 0 aliphatic carbocycles. The van der Waals surface area contributed by atoms with Crippen LogP contribution in [0.15, 0.2) is 39.6 Å². The largest absolute Gasteiger partial charge is 0.497 e. The number of fused-ring (bicyclic) bond motifs is 1. The minimum absolute atomic E-state index is 0.0182. The molecule has 5 nitrogen and oxygen atoms in total. The fourth-order valence-corrected chi connectivity index (χ4v) is 5.74. The van der Waals surface area contributed by atoms with Gasteiger partial charge in [0.05, 0.1) is 18.2 Å². The molecule has 144 valence electrons. The molecule has 0 aliphatic rings. The molecule has 0 unspecified atom stereocenters. The van der Waals surface area contributed by atoms with Crippen LogP contribution in [0.4, 0.5) is 0 Å². The maximum atomic E-state index is 12.7. The first kappa shape index (κ1) is 19.2. The van der Waals surface area contributed by atoms with Crippen LogP contribution in [-0.2, 0) is 12.8 Å². The van der Waals surface area contributed by atoms with Crippen LogP contribution in [0.25, 0.3) is 20.8 Å². The third kappa shape index (κ3) is 3.47.